The van der Waals surface area contributed by atoms with E-state index in [1.807, 2.05) is 54.6 Å². The van der Waals surface area contributed by atoms with Crippen LogP contribution in [0.1, 0.15) is 0 Å². The second kappa shape index (κ2) is 10.2. The van der Waals surface area contributed by atoms with Crippen LogP contribution < -0.4 is 0 Å². The van der Waals surface area contributed by atoms with E-state index in [4.69, 9.17) is 19.4 Å². The van der Waals surface area contributed by atoms with Crippen molar-refractivity contribution in [1.82, 2.24) is 15.0 Å². The molecule has 0 radical (unpaired) electrons. The van der Waals surface area contributed by atoms with Gasteiger partial charge in [-0.15, -0.1) is 0 Å². The molecule has 0 aliphatic carbocycles. The molecular weight excluding hydrogens is 550 g/mol. The van der Waals surface area contributed by atoms with Crippen molar-refractivity contribution in [1.29, 1.82) is 0 Å². The molecule has 4 heteroatoms. The lowest BCUT2D eigenvalue weighted by molar-refractivity contribution is 0.672. The lowest BCUT2D eigenvalue weighted by Crippen LogP contribution is -2.01. The molecule has 0 saturated carbocycles. The van der Waals surface area contributed by atoms with Crippen LogP contribution in [0.2, 0.25) is 0 Å². The largest absolute Gasteiger partial charge is 0.455 e. The molecular formula is C41H25N3O. The maximum Gasteiger partial charge on any atom is 0.164 e. The van der Waals surface area contributed by atoms with Gasteiger partial charge in [-0.3, -0.25) is 0 Å². The van der Waals surface area contributed by atoms with Crippen molar-refractivity contribution < 1.29 is 4.42 Å². The zero-order valence-corrected chi connectivity index (χ0v) is 24.2. The zero-order valence-electron chi connectivity index (χ0n) is 24.2. The van der Waals surface area contributed by atoms with Gasteiger partial charge in [0.1, 0.15) is 11.2 Å². The summed E-state index contributed by atoms with van der Waals surface area (Å²) in [6.45, 7) is 0. The van der Waals surface area contributed by atoms with Crippen LogP contribution in [0.5, 0.6) is 0 Å². The summed E-state index contributed by atoms with van der Waals surface area (Å²) in [6, 6.07) is 52.1. The molecule has 0 fully saturated rings. The first-order valence-corrected chi connectivity index (χ1v) is 15.0. The molecule has 0 N–H and O–H groups in total. The second-order valence-electron chi connectivity index (χ2n) is 11.2. The summed E-state index contributed by atoms with van der Waals surface area (Å²) in [5.74, 6) is 1.87. The number of benzene rings is 7. The minimum Gasteiger partial charge on any atom is -0.455 e. The van der Waals surface area contributed by atoms with E-state index in [0.717, 1.165) is 71.3 Å². The fraction of sp³-hybridized carbons (Fsp3) is 0. The van der Waals surface area contributed by atoms with Gasteiger partial charge in [-0.05, 0) is 51.6 Å². The molecule has 45 heavy (non-hydrogen) atoms. The number of fused-ring (bicyclic) bond motifs is 6. The lowest BCUT2D eigenvalue weighted by Gasteiger charge is -2.12. The molecule has 0 unspecified atom stereocenters. The van der Waals surface area contributed by atoms with Crippen molar-refractivity contribution in [3.63, 3.8) is 0 Å². The van der Waals surface area contributed by atoms with Gasteiger partial charge in [0.25, 0.3) is 0 Å². The van der Waals surface area contributed by atoms with E-state index < -0.39 is 0 Å². The minimum absolute atomic E-state index is 0.607. The Morgan fingerprint density at radius 3 is 1.84 bits per heavy atom. The molecule has 0 saturated heterocycles. The van der Waals surface area contributed by atoms with E-state index in [0.29, 0.717) is 17.5 Å². The second-order valence-corrected chi connectivity index (χ2v) is 11.2. The first kappa shape index (κ1) is 25.4. The van der Waals surface area contributed by atoms with E-state index in [-0.39, 0.29) is 0 Å². The number of furan rings is 1. The van der Waals surface area contributed by atoms with Crippen LogP contribution >= 0.6 is 0 Å². The van der Waals surface area contributed by atoms with Crippen LogP contribution in [0.15, 0.2) is 156 Å². The molecule has 0 spiro atoms. The standard InChI is InChI=1S/C41H25N3O/c1-3-12-26(13-4-1)29-22-23-32-30(24-29)25-35(37-34-19-9-10-21-36(34)45-38(32)37)41-43-39(28-15-5-2-6-16-28)42-40(44-41)33-20-11-17-27-14-7-8-18-31(27)33/h1-25H. The van der Waals surface area contributed by atoms with Gasteiger partial charge in [-0.25, -0.2) is 15.0 Å². The fourth-order valence-electron chi connectivity index (χ4n) is 6.36. The Bertz CT molecular complexity index is 2530. The molecule has 0 atom stereocenters. The van der Waals surface area contributed by atoms with Crippen LogP contribution in [-0.2, 0) is 0 Å². The molecule has 0 aliphatic heterocycles. The number of hydrogen-bond donors (Lipinski definition) is 0. The van der Waals surface area contributed by atoms with E-state index in [1.165, 1.54) is 0 Å². The Hall–Kier alpha value is -6.13. The normalized spacial score (nSPS) is 11.6. The summed E-state index contributed by atoms with van der Waals surface area (Å²) in [5.41, 5.74) is 6.78. The fourth-order valence-corrected chi connectivity index (χ4v) is 6.36. The topological polar surface area (TPSA) is 51.8 Å². The van der Waals surface area contributed by atoms with Crippen molar-refractivity contribution in [2.75, 3.05) is 0 Å². The van der Waals surface area contributed by atoms with Gasteiger partial charge in [0.15, 0.2) is 17.5 Å². The molecule has 2 heterocycles. The third-order valence-corrected chi connectivity index (χ3v) is 8.51. The highest BCUT2D eigenvalue weighted by molar-refractivity contribution is 6.21. The van der Waals surface area contributed by atoms with Gasteiger partial charge in [0.2, 0.25) is 0 Å². The van der Waals surface area contributed by atoms with E-state index >= 15 is 0 Å². The van der Waals surface area contributed by atoms with E-state index in [1.54, 1.807) is 0 Å². The Morgan fingerprint density at radius 2 is 1.02 bits per heavy atom. The van der Waals surface area contributed by atoms with Crippen LogP contribution in [0, 0.1) is 0 Å². The number of aromatic nitrogens is 3. The maximum atomic E-state index is 6.59. The predicted molar refractivity (Wildman–Crippen MR) is 184 cm³/mol. The predicted octanol–water partition coefficient (Wildman–Crippen LogP) is 10.7. The smallest absolute Gasteiger partial charge is 0.164 e. The molecule has 4 nitrogen and oxygen atoms in total. The molecule has 0 bridgehead atoms. The summed E-state index contributed by atoms with van der Waals surface area (Å²) in [6.07, 6.45) is 0. The van der Waals surface area contributed by atoms with Crippen LogP contribution in [0.25, 0.3) is 88.8 Å². The van der Waals surface area contributed by atoms with Crippen LogP contribution in [0.3, 0.4) is 0 Å². The highest BCUT2D eigenvalue weighted by atomic mass is 16.3. The number of rotatable bonds is 4. The maximum absolute atomic E-state index is 6.59. The summed E-state index contributed by atoms with van der Waals surface area (Å²) >= 11 is 0. The molecule has 9 rings (SSSR count). The number of nitrogens with zero attached hydrogens (tertiary/aromatic N) is 3. The monoisotopic (exact) mass is 575 g/mol. The third kappa shape index (κ3) is 4.27. The Kier molecular flexibility index (Phi) is 5.78. The Morgan fingerprint density at radius 1 is 0.378 bits per heavy atom. The third-order valence-electron chi connectivity index (χ3n) is 8.51. The summed E-state index contributed by atoms with van der Waals surface area (Å²) < 4.78 is 6.59. The Balaban J connectivity index is 1.38. The lowest BCUT2D eigenvalue weighted by atomic mass is 9.96. The first-order valence-electron chi connectivity index (χ1n) is 15.0. The van der Waals surface area contributed by atoms with E-state index in [2.05, 4.69) is 97.1 Å². The first-order chi connectivity index (χ1) is 22.3. The van der Waals surface area contributed by atoms with Crippen molar-refractivity contribution in [3.8, 4) is 45.3 Å². The summed E-state index contributed by atoms with van der Waals surface area (Å²) in [4.78, 5) is 15.4. The summed E-state index contributed by atoms with van der Waals surface area (Å²) in [5, 5.41) is 6.38. The SMILES string of the molecule is c1ccc(-c2ccc3c(c2)cc(-c2nc(-c4ccccc4)nc(-c4cccc5ccccc45)n2)c2c4ccccc4oc32)cc1. The van der Waals surface area contributed by atoms with Crippen molar-refractivity contribution in [2.45, 2.75) is 0 Å². The Labute approximate surface area is 259 Å². The highest BCUT2D eigenvalue weighted by Crippen LogP contribution is 2.42. The van der Waals surface area contributed by atoms with Gasteiger partial charge in [-0.1, -0.05) is 127 Å². The average Bonchev–Trinajstić information content (AvgIpc) is 3.51. The number of hydrogen-bond acceptors (Lipinski definition) is 4. The van der Waals surface area contributed by atoms with Crippen molar-refractivity contribution >= 4 is 43.5 Å². The molecule has 9 aromatic rings. The quantitative estimate of drug-likeness (QED) is 0.209. The van der Waals surface area contributed by atoms with Crippen molar-refractivity contribution in [2.24, 2.45) is 0 Å². The zero-order chi connectivity index (χ0) is 29.7. The molecule has 7 aromatic carbocycles. The van der Waals surface area contributed by atoms with Crippen LogP contribution in [0.4, 0.5) is 0 Å². The van der Waals surface area contributed by atoms with Gasteiger partial charge in [0.05, 0.1) is 0 Å². The van der Waals surface area contributed by atoms with Gasteiger partial charge < -0.3 is 4.42 Å². The van der Waals surface area contributed by atoms with Gasteiger partial charge in [-0.2, -0.15) is 0 Å². The number of para-hydroxylation sites is 1. The highest BCUT2D eigenvalue weighted by Gasteiger charge is 2.21. The molecule has 0 aliphatic rings. The molecule has 210 valence electrons. The molecule has 2 aromatic heterocycles. The van der Waals surface area contributed by atoms with Crippen molar-refractivity contribution in [3.05, 3.63) is 152 Å². The van der Waals surface area contributed by atoms with Gasteiger partial charge in [0, 0.05) is 32.8 Å². The average molecular weight is 576 g/mol. The van der Waals surface area contributed by atoms with Crippen LogP contribution in [-0.4, -0.2) is 15.0 Å². The molecule has 0 amide bonds. The van der Waals surface area contributed by atoms with E-state index in [9.17, 15) is 0 Å². The minimum atomic E-state index is 0.607. The summed E-state index contributed by atoms with van der Waals surface area (Å²) in [7, 11) is 0. The van der Waals surface area contributed by atoms with Gasteiger partial charge >= 0.3 is 0 Å².